The van der Waals surface area contributed by atoms with Crippen LogP contribution < -0.4 is 11.1 Å². The molecule has 0 spiro atoms. The smallest absolute Gasteiger partial charge is 0.273 e. The van der Waals surface area contributed by atoms with Crippen molar-refractivity contribution in [3.8, 4) is 11.8 Å². The minimum absolute atomic E-state index is 0.176. The van der Waals surface area contributed by atoms with Gasteiger partial charge in [0, 0.05) is 12.7 Å². The zero-order valence-corrected chi connectivity index (χ0v) is 12.0. The molecule has 2 aromatic heterocycles. The first-order valence-corrected chi connectivity index (χ1v) is 6.87. The Morgan fingerprint density at radius 2 is 2.24 bits per heavy atom. The minimum Gasteiger partial charge on any atom is -0.344 e. The monoisotopic (exact) mass is 282 g/mol. The highest BCUT2D eigenvalue weighted by Crippen LogP contribution is 2.09. The number of amides is 1. The number of hydrogen-bond acceptors (Lipinski definition) is 3. The fourth-order valence-electron chi connectivity index (χ4n) is 1.95. The minimum atomic E-state index is -0.176. The predicted octanol–water partition coefficient (Wildman–Crippen LogP) is 1.86. The maximum atomic E-state index is 12.3. The number of pyridine rings is 1. The molecule has 5 heteroatoms. The van der Waals surface area contributed by atoms with Gasteiger partial charge in [0.25, 0.3) is 5.91 Å². The van der Waals surface area contributed by atoms with Gasteiger partial charge in [-0.3, -0.25) is 4.79 Å². The van der Waals surface area contributed by atoms with E-state index < -0.39 is 0 Å². The molecule has 0 aliphatic carbocycles. The molecular weight excluding hydrogens is 264 g/mol. The number of nitrogens with zero attached hydrogens (tertiary/aromatic N) is 2. The van der Waals surface area contributed by atoms with Crippen LogP contribution in [0.15, 0.2) is 36.5 Å². The summed E-state index contributed by atoms with van der Waals surface area (Å²) in [6.45, 7) is 3.16. The Morgan fingerprint density at radius 1 is 1.38 bits per heavy atom. The summed E-state index contributed by atoms with van der Waals surface area (Å²) in [6.07, 6.45) is 2.87. The van der Waals surface area contributed by atoms with Crippen molar-refractivity contribution in [2.75, 3.05) is 11.9 Å². The Balaban J connectivity index is 2.14. The van der Waals surface area contributed by atoms with Gasteiger partial charge in [0.05, 0.1) is 6.54 Å². The van der Waals surface area contributed by atoms with Crippen LogP contribution in [0, 0.1) is 11.8 Å². The number of nitrogens with two attached hydrogens (primary N) is 1. The van der Waals surface area contributed by atoms with Crippen LogP contribution in [0.25, 0.3) is 0 Å². The Hall–Kier alpha value is -2.58. The third-order valence-corrected chi connectivity index (χ3v) is 2.84. The molecule has 0 saturated carbocycles. The first kappa shape index (κ1) is 14.8. The van der Waals surface area contributed by atoms with Gasteiger partial charge in [-0.15, -0.1) is 0 Å². The predicted molar refractivity (Wildman–Crippen MR) is 82.8 cm³/mol. The molecular formula is C16H18N4O. The lowest BCUT2D eigenvalue weighted by Gasteiger charge is -2.08. The number of carbonyl (C=O) groups is 1. The Kier molecular flexibility index (Phi) is 5.13. The van der Waals surface area contributed by atoms with Crippen LogP contribution in [0.5, 0.6) is 0 Å². The van der Waals surface area contributed by atoms with E-state index >= 15 is 0 Å². The number of aryl methyl sites for hydroxylation is 1. The molecule has 0 radical (unpaired) electrons. The van der Waals surface area contributed by atoms with E-state index in [4.69, 9.17) is 5.73 Å². The standard InChI is InChI=1S/C16H18N4O/c1-2-11-20-12-5-8-14(20)16(21)19-15-9-3-6-13(18-15)7-4-10-17/h3,5-6,8-9,12H,2,10-11,17H2,1H3,(H,18,19,21). The summed E-state index contributed by atoms with van der Waals surface area (Å²) in [7, 11) is 0. The van der Waals surface area contributed by atoms with Crippen molar-refractivity contribution >= 4 is 11.7 Å². The fourth-order valence-corrected chi connectivity index (χ4v) is 1.95. The molecule has 0 aliphatic rings. The Morgan fingerprint density at radius 3 is 3.00 bits per heavy atom. The summed E-state index contributed by atoms with van der Waals surface area (Å²) in [5, 5.41) is 2.79. The first-order valence-electron chi connectivity index (χ1n) is 6.87. The third kappa shape index (κ3) is 3.94. The number of aromatic nitrogens is 2. The van der Waals surface area contributed by atoms with E-state index in [1.54, 1.807) is 24.3 Å². The van der Waals surface area contributed by atoms with Gasteiger partial charge < -0.3 is 15.6 Å². The van der Waals surface area contributed by atoms with E-state index in [1.807, 2.05) is 16.8 Å². The second kappa shape index (κ2) is 7.27. The molecule has 0 aromatic carbocycles. The van der Waals surface area contributed by atoms with Crippen LogP contribution in [0.4, 0.5) is 5.82 Å². The summed E-state index contributed by atoms with van der Waals surface area (Å²) in [4.78, 5) is 16.5. The Bertz CT molecular complexity index is 679. The zero-order chi connectivity index (χ0) is 15.1. The molecule has 2 aromatic rings. The number of hydrogen-bond donors (Lipinski definition) is 2. The van der Waals surface area contributed by atoms with Crippen molar-refractivity contribution in [2.24, 2.45) is 5.73 Å². The highest BCUT2D eigenvalue weighted by Gasteiger charge is 2.11. The Labute approximate surface area is 124 Å². The average Bonchev–Trinajstić information content (AvgIpc) is 2.94. The second-order valence-electron chi connectivity index (χ2n) is 4.45. The molecule has 0 aliphatic heterocycles. The van der Waals surface area contributed by atoms with Gasteiger partial charge in [0.1, 0.15) is 17.2 Å². The molecule has 21 heavy (non-hydrogen) atoms. The molecule has 0 unspecified atom stereocenters. The summed E-state index contributed by atoms with van der Waals surface area (Å²) in [5.41, 5.74) is 6.54. The molecule has 108 valence electrons. The van der Waals surface area contributed by atoms with Crippen LogP contribution in [0.3, 0.4) is 0 Å². The van der Waals surface area contributed by atoms with Crippen LogP contribution in [0.1, 0.15) is 29.5 Å². The number of rotatable bonds is 4. The zero-order valence-electron chi connectivity index (χ0n) is 12.0. The SMILES string of the molecule is CCCn1cccc1C(=O)Nc1cccc(C#CCN)n1. The van der Waals surface area contributed by atoms with Gasteiger partial charge in [-0.05, 0) is 36.6 Å². The summed E-state index contributed by atoms with van der Waals surface area (Å²) < 4.78 is 1.92. The van der Waals surface area contributed by atoms with Crippen LogP contribution in [0.2, 0.25) is 0 Å². The normalized spacial score (nSPS) is 9.81. The lowest BCUT2D eigenvalue weighted by molar-refractivity contribution is 0.101. The van der Waals surface area contributed by atoms with E-state index in [0.717, 1.165) is 13.0 Å². The van der Waals surface area contributed by atoms with Crippen LogP contribution in [-0.2, 0) is 6.54 Å². The largest absolute Gasteiger partial charge is 0.344 e. The lowest BCUT2D eigenvalue weighted by atomic mass is 10.3. The quantitative estimate of drug-likeness (QED) is 0.841. The summed E-state index contributed by atoms with van der Waals surface area (Å²) in [5.74, 6) is 5.88. The van der Waals surface area contributed by atoms with Gasteiger partial charge in [0.15, 0.2) is 0 Å². The van der Waals surface area contributed by atoms with Gasteiger partial charge in [-0.25, -0.2) is 4.98 Å². The molecule has 2 rings (SSSR count). The van der Waals surface area contributed by atoms with Crippen molar-refractivity contribution in [2.45, 2.75) is 19.9 Å². The van der Waals surface area contributed by atoms with Crippen molar-refractivity contribution in [1.82, 2.24) is 9.55 Å². The second-order valence-corrected chi connectivity index (χ2v) is 4.45. The van der Waals surface area contributed by atoms with Crippen LogP contribution in [-0.4, -0.2) is 22.0 Å². The maximum Gasteiger partial charge on any atom is 0.273 e. The topological polar surface area (TPSA) is 72.9 Å². The lowest BCUT2D eigenvalue weighted by Crippen LogP contribution is -2.17. The van der Waals surface area contributed by atoms with E-state index in [-0.39, 0.29) is 12.5 Å². The van der Waals surface area contributed by atoms with Gasteiger partial charge in [-0.1, -0.05) is 18.9 Å². The molecule has 0 saturated heterocycles. The first-order chi connectivity index (χ1) is 10.2. The van der Waals surface area contributed by atoms with Crippen molar-refractivity contribution in [3.63, 3.8) is 0 Å². The van der Waals surface area contributed by atoms with E-state index in [9.17, 15) is 4.79 Å². The highest BCUT2D eigenvalue weighted by molar-refractivity contribution is 6.02. The van der Waals surface area contributed by atoms with Crippen molar-refractivity contribution in [1.29, 1.82) is 0 Å². The van der Waals surface area contributed by atoms with E-state index in [2.05, 4.69) is 29.1 Å². The van der Waals surface area contributed by atoms with E-state index in [0.29, 0.717) is 17.2 Å². The summed E-state index contributed by atoms with van der Waals surface area (Å²) >= 11 is 0. The molecule has 1 amide bonds. The average molecular weight is 282 g/mol. The molecule has 0 fully saturated rings. The molecule has 0 atom stereocenters. The molecule has 2 heterocycles. The highest BCUT2D eigenvalue weighted by atomic mass is 16.2. The van der Waals surface area contributed by atoms with Gasteiger partial charge in [0.2, 0.25) is 0 Å². The van der Waals surface area contributed by atoms with Crippen molar-refractivity contribution in [3.05, 3.63) is 47.9 Å². The van der Waals surface area contributed by atoms with E-state index in [1.165, 1.54) is 0 Å². The molecule has 3 N–H and O–H groups in total. The van der Waals surface area contributed by atoms with Crippen molar-refractivity contribution < 1.29 is 4.79 Å². The van der Waals surface area contributed by atoms with Gasteiger partial charge in [-0.2, -0.15) is 0 Å². The number of anilines is 1. The number of nitrogens with one attached hydrogen (secondary N) is 1. The maximum absolute atomic E-state index is 12.3. The van der Waals surface area contributed by atoms with Crippen LogP contribution >= 0.6 is 0 Å². The fraction of sp³-hybridized carbons (Fsp3) is 0.250. The third-order valence-electron chi connectivity index (χ3n) is 2.84. The molecule has 5 nitrogen and oxygen atoms in total. The summed E-state index contributed by atoms with van der Waals surface area (Å²) in [6, 6.07) is 8.97. The van der Waals surface area contributed by atoms with Gasteiger partial charge >= 0.3 is 0 Å². The molecule has 0 bridgehead atoms. The number of carbonyl (C=O) groups excluding carboxylic acids is 1.